The first-order valence-corrected chi connectivity index (χ1v) is 10.5. The third-order valence-electron chi connectivity index (χ3n) is 6.03. The lowest BCUT2D eigenvalue weighted by atomic mass is 9.85. The van der Waals surface area contributed by atoms with E-state index in [4.69, 9.17) is 0 Å². The second kappa shape index (κ2) is 9.00. The molecule has 0 amide bonds. The van der Waals surface area contributed by atoms with Crippen LogP contribution in [0.15, 0.2) is 84.9 Å². The maximum Gasteiger partial charge on any atom is 0.170 e. The van der Waals surface area contributed by atoms with Crippen molar-refractivity contribution in [1.82, 2.24) is 0 Å². The molecule has 4 rings (SSSR count). The molecule has 1 fully saturated rings. The molecule has 3 aromatic carbocycles. The monoisotopic (exact) mass is 382 g/mol. The van der Waals surface area contributed by atoms with Gasteiger partial charge in [0.1, 0.15) is 0 Å². The molecule has 0 aliphatic heterocycles. The number of carbonyl (C=O) groups excluding carboxylic acids is 2. The Hall–Kier alpha value is -3.00. The average molecular weight is 383 g/mol. The highest BCUT2D eigenvalue weighted by Crippen LogP contribution is 2.34. The third-order valence-corrected chi connectivity index (χ3v) is 6.03. The summed E-state index contributed by atoms with van der Waals surface area (Å²) in [6.07, 6.45) is 5.27. The Kier molecular flexibility index (Phi) is 6.00. The number of carbonyl (C=O) groups is 2. The van der Waals surface area contributed by atoms with Crippen LogP contribution >= 0.6 is 0 Å². The van der Waals surface area contributed by atoms with Crippen LogP contribution in [0.25, 0.3) is 0 Å². The van der Waals surface area contributed by atoms with Gasteiger partial charge in [-0.15, -0.1) is 0 Å². The molecule has 1 unspecified atom stereocenters. The highest BCUT2D eigenvalue weighted by atomic mass is 16.1. The molecule has 0 heterocycles. The molecular weight excluding hydrogens is 356 g/mol. The minimum absolute atomic E-state index is 0.00674. The van der Waals surface area contributed by atoms with Crippen molar-refractivity contribution in [2.24, 2.45) is 0 Å². The van der Waals surface area contributed by atoms with Crippen molar-refractivity contribution >= 4 is 11.6 Å². The van der Waals surface area contributed by atoms with Crippen LogP contribution in [0.5, 0.6) is 0 Å². The lowest BCUT2D eigenvalue weighted by molar-refractivity contribution is 0.0893. The lowest BCUT2D eigenvalue weighted by Gasteiger charge is -2.16. The third kappa shape index (κ3) is 4.54. The largest absolute Gasteiger partial charge is 0.294 e. The van der Waals surface area contributed by atoms with Crippen LogP contribution in [0.2, 0.25) is 0 Å². The van der Waals surface area contributed by atoms with Crippen molar-refractivity contribution in [2.75, 3.05) is 0 Å². The fraction of sp³-hybridized carbons (Fsp3) is 0.259. The lowest BCUT2D eigenvalue weighted by Crippen LogP contribution is -2.17. The van der Waals surface area contributed by atoms with E-state index in [-0.39, 0.29) is 18.0 Å². The first-order chi connectivity index (χ1) is 14.2. The minimum Gasteiger partial charge on any atom is -0.294 e. The van der Waals surface area contributed by atoms with Gasteiger partial charge in [0.15, 0.2) is 11.6 Å². The van der Waals surface area contributed by atoms with Gasteiger partial charge in [-0.2, -0.15) is 0 Å². The number of Topliss-reactive ketones (excluding diaryl/α,β-unsaturated/α-hetero) is 2. The first kappa shape index (κ1) is 19.3. The molecule has 1 aliphatic rings. The summed E-state index contributed by atoms with van der Waals surface area (Å²) in [5.41, 5.74) is 3.55. The van der Waals surface area contributed by atoms with Crippen molar-refractivity contribution < 1.29 is 9.59 Å². The number of benzene rings is 3. The van der Waals surface area contributed by atoms with Gasteiger partial charge in [-0.1, -0.05) is 97.8 Å². The molecular formula is C27H26O2. The molecule has 3 aromatic rings. The predicted octanol–water partition coefficient (Wildman–Crippen LogP) is 6.58. The van der Waals surface area contributed by atoms with E-state index in [1.807, 2.05) is 72.8 Å². The molecule has 1 atom stereocenters. The minimum atomic E-state index is -0.472. The van der Waals surface area contributed by atoms with Gasteiger partial charge < -0.3 is 0 Å². The zero-order chi connectivity index (χ0) is 20.1. The zero-order valence-electron chi connectivity index (χ0n) is 16.6. The molecule has 0 saturated heterocycles. The van der Waals surface area contributed by atoms with Crippen molar-refractivity contribution in [2.45, 2.75) is 43.9 Å². The van der Waals surface area contributed by atoms with Crippen LogP contribution in [0.4, 0.5) is 0 Å². The molecule has 2 nitrogen and oxygen atoms in total. The Morgan fingerprint density at radius 3 is 1.93 bits per heavy atom. The van der Waals surface area contributed by atoms with E-state index < -0.39 is 5.92 Å². The summed E-state index contributed by atoms with van der Waals surface area (Å²) in [5.74, 6) is 0.172. The number of hydrogen-bond acceptors (Lipinski definition) is 2. The molecule has 146 valence electrons. The van der Waals surface area contributed by atoms with Gasteiger partial charge in [-0.3, -0.25) is 9.59 Å². The number of rotatable bonds is 7. The number of ketones is 2. The smallest absolute Gasteiger partial charge is 0.170 e. The normalized spacial score (nSPS) is 15.2. The summed E-state index contributed by atoms with van der Waals surface area (Å²) >= 11 is 0. The van der Waals surface area contributed by atoms with E-state index in [0.717, 1.165) is 5.56 Å². The summed E-state index contributed by atoms with van der Waals surface area (Å²) in [4.78, 5) is 26.2. The van der Waals surface area contributed by atoms with E-state index in [2.05, 4.69) is 12.1 Å². The maximum absolute atomic E-state index is 13.2. The Morgan fingerprint density at radius 1 is 0.724 bits per heavy atom. The van der Waals surface area contributed by atoms with Crippen LogP contribution in [-0.4, -0.2) is 11.6 Å². The van der Waals surface area contributed by atoms with Crippen LogP contribution in [0.3, 0.4) is 0 Å². The highest BCUT2D eigenvalue weighted by Gasteiger charge is 2.25. The first-order valence-electron chi connectivity index (χ1n) is 10.5. The summed E-state index contributed by atoms with van der Waals surface area (Å²) in [6, 6.07) is 26.9. The molecule has 0 bridgehead atoms. The Labute approximate surface area is 172 Å². The zero-order valence-corrected chi connectivity index (χ0v) is 16.6. The second-order valence-electron chi connectivity index (χ2n) is 7.92. The van der Waals surface area contributed by atoms with Gasteiger partial charge in [0.25, 0.3) is 0 Å². The average Bonchev–Trinajstić information content (AvgIpc) is 3.33. The van der Waals surface area contributed by atoms with Crippen LogP contribution in [-0.2, 0) is 0 Å². The molecule has 0 spiro atoms. The van der Waals surface area contributed by atoms with Gasteiger partial charge in [0.2, 0.25) is 0 Å². The summed E-state index contributed by atoms with van der Waals surface area (Å²) in [7, 11) is 0. The van der Waals surface area contributed by atoms with Gasteiger partial charge in [0.05, 0.1) is 5.92 Å². The van der Waals surface area contributed by atoms with Gasteiger partial charge in [-0.25, -0.2) is 0 Å². The van der Waals surface area contributed by atoms with Crippen molar-refractivity contribution in [3.05, 3.63) is 107 Å². The van der Waals surface area contributed by atoms with Gasteiger partial charge in [-0.05, 0) is 29.9 Å². The summed E-state index contributed by atoms with van der Waals surface area (Å²) < 4.78 is 0. The fourth-order valence-electron chi connectivity index (χ4n) is 4.35. The van der Waals surface area contributed by atoms with E-state index in [0.29, 0.717) is 17.0 Å². The highest BCUT2D eigenvalue weighted by molar-refractivity contribution is 6.06. The van der Waals surface area contributed by atoms with Crippen molar-refractivity contribution in [3.8, 4) is 0 Å². The van der Waals surface area contributed by atoms with Gasteiger partial charge >= 0.3 is 0 Å². The van der Waals surface area contributed by atoms with E-state index in [1.165, 1.54) is 31.2 Å². The molecule has 0 radical (unpaired) electrons. The molecule has 1 aliphatic carbocycles. The second-order valence-corrected chi connectivity index (χ2v) is 7.92. The summed E-state index contributed by atoms with van der Waals surface area (Å²) in [6.45, 7) is 0. The van der Waals surface area contributed by atoms with Gasteiger partial charge in [0, 0.05) is 17.5 Å². The topological polar surface area (TPSA) is 34.1 Å². The molecule has 1 saturated carbocycles. The maximum atomic E-state index is 13.2. The van der Waals surface area contributed by atoms with E-state index in [9.17, 15) is 9.59 Å². The van der Waals surface area contributed by atoms with Crippen LogP contribution in [0.1, 0.15) is 75.8 Å². The Morgan fingerprint density at radius 2 is 1.31 bits per heavy atom. The number of hydrogen-bond donors (Lipinski definition) is 0. The Balaban J connectivity index is 1.55. The van der Waals surface area contributed by atoms with E-state index in [1.54, 1.807) is 0 Å². The van der Waals surface area contributed by atoms with Crippen molar-refractivity contribution in [3.63, 3.8) is 0 Å². The summed E-state index contributed by atoms with van der Waals surface area (Å²) in [5, 5.41) is 0. The standard InChI is InChI=1S/C27H26O2/c28-26(23-17-15-21(16-18-23)20-9-7-8-10-20)19-25(22-11-3-1-4-12-22)27(29)24-13-5-2-6-14-24/h1-6,11-18,20,25H,7-10,19H2. The predicted molar refractivity (Wildman–Crippen MR) is 117 cm³/mol. The SMILES string of the molecule is O=C(CC(C(=O)c1ccccc1)c1ccccc1)c1ccc(C2CCCC2)cc1. The molecule has 0 N–H and O–H groups in total. The molecule has 0 aromatic heterocycles. The van der Waals surface area contributed by atoms with E-state index >= 15 is 0 Å². The quantitative estimate of drug-likeness (QED) is 0.432. The van der Waals surface area contributed by atoms with Crippen LogP contribution < -0.4 is 0 Å². The fourth-order valence-corrected chi connectivity index (χ4v) is 4.35. The molecule has 2 heteroatoms. The molecule has 29 heavy (non-hydrogen) atoms. The Bertz CT molecular complexity index is 952. The van der Waals surface area contributed by atoms with Crippen molar-refractivity contribution in [1.29, 1.82) is 0 Å². The van der Waals surface area contributed by atoms with Crippen LogP contribution in [0, 0.1) is 0 Å².